The van der Waals surface area contributed by atoms with Crippen molar-refractivity contribution in [3.63, 3.8) is 0 Å². The molecule has 13 nitrogen and oxygen atoms in total. The monoisotopic (exact) mass is 647 g/mol. The average molecular weight is 648 g/mol. The minimum atomic E-state index is -4.70. The van der Waals surface area contributed by atoms with Gasteiger partial charge in [0.15, 0.2) is 0 Å². The lowest BCUT2D eigenvalue weighted by Crippen LogP contribution is -2.30. The van der Waals surface area contributed by atoms with Crippen molar-refractivity contribution in [1.82, 2.24) is 19.9 Å². The zero-order valence-electron chi connectivity index (χ0n) is 25.4. The number of anilines is 4. The summed E-state index contributed by atoms with van der Waals surface area (Å²) in [6.45, 7) is 13.1. The van der Waals surface area contributed by atoms with Gasteiger partial charge in [-0.15, -0.1) is 0 Å². The SMILES string of the molecule is CCCN(CCC)c1nc(NCCN(CC)CC)nc(Nc2ccc(/C=C/c3ccccc3S(=O)(=O)O)c(S(=O)(=O)O)c2)n1. The molecular formula is C29H41N7O6S2. The Bertz CT molecular complexity index is 1640. The Morgan fingerprint density at radius 1 is 0.750 bits per heavy atom. The van der Waals surface area contributed by atoms with Crippen LogP contribution in [0.25, 0.3) is 12.2 Å². The molecule has 0 saturated carbocycles. The molecule has 4 N–H and O–H groups in total. The lowest BCUT2D eigenvalue weighted by Gasteiger charge is -2.23. The maximum absolute atomic E-state index is 12.4. The van der Waals surface area contributed by atoms with E-state index in [0.29, 0.717) is 18.4 Å². The fraction of sp³-hybridized carbons (Fsp3) is 0.414. The van der Waals surface area contributed by atoms with Crippen LogP contribution in [0.1, 0.15) is 51.7 Å². The number of likely N-dealkylation sites (N-methyl/N-ethyl adjacent to an activating group) is 1. The van der Waals surface area contributed by atoms with Crippen LogP contribution in [0.3, 0.4) is 0 Å². The van der Waals surface area contributed by atoms with Gasteiger partial charge in [-0.1, -0.05) is 64.1 Å². The number of hydrogen-bond donors (Lipinski definition) is 4. The highest BCUT2D eigenvalue weighted by Gasteiger charge is 2.18. The van der Waals surface area contributed by atoms with Gasteiger partial charge in [-0.05, 0) is 55.3 Å². The third-order valence-electron chi connectivity index (χ3n) is 6.69. The van der Waals surface area contributed by atoms with Gasteiger partial charge >= 0.3 is 0 Å². The largest absolute Gasteiger partial charge is 0.353 e. The zero-order valence-corrected chi connectivity index (χ0v) is 27.1. The maximum atomic E-state index is 12.4. The highest BCUT2D eigenvalue weighted by atomic mass is 32.2. The average Bonchev–Trinajstić information content (AvgIpc) is 2.97. The van der Waals surface area contributed by atoms with E-state index in [1.54, 1.807) is 12.1 Å². The van der Waals surface area contributed by atoms with E-state index in [1.165, 1.54) is 42.5 Å². The number of benzene rings is 2. The Morgan fingerprint density at radius 2 is 1.34 bits per heavy atom. The van der Waals surface area contributed by atoms with Gasteiger partial charge in [0.05, 0.1) is 0 Å². The van der Waals surface area contributed by atoms with Crippen molar-refractivity contribution in [3.05, 3.63) is 53.6 Å². The Labute approximate surface area is 260 Å². The molecule has 0 unspecified atom stereocenters. The van der Waals surface area contributed by atoms with Gasteiger partial charge in [0.25, 0.3) is 20.2 Å². The summed E-state index contributed by atoms with van der Waals surface area (Å²) in [5.41, 5.74) is 0.521. The number of nitrogens with zero attached hydrogens (tertiary/aromatic N) is 5. The van der Waals surface area contributed by atoms with E-state index < -0.39 is 25.1 Å². The van der Waals surface area contributed by atoms with Crippen LogP contribution in [0, 0.1) is 0 Å². The molecule has 0 aliphatic heterocycles. The summed E-state index contributed by atoms with van der Waals surface area (Å²) in [5.74, 6) is 1.03. The number of rotatable bonds is 17. The van der Waals surface area contributed by atoms with Crippen molar-refractivity contribution in [3.8, 4) is 0 Å². The van der Waals surface area contributed by atoms with Gasteiger partial charge in [-0.2, -0.15) is 31.8 Å². The van der Waals surface area contributed by atoms with Crippen molar-refractivity contribution in [2.45, 2.75) is 50.3 Å². The molecule has 15 heteroatoms. The smallest absolute Gasteiger partial charge is 0.295 e. The van der Waals surface area contributed by atoms with Crippen LogP contribution in [-0.4, -0.2) is 85.1 Å². The first kappa shape index (κ1) is 34.9. The van der Waals surface area contributed by atoms with E-state index in [0.717, 1.165) is 45.6 Å². The number of nitrogens with one attached hydrogen (secondary N) is 2. The predicted octanol–water partition coefficient (Wildman–Crippen LogP) is 4.66. The van der Waals surface area contributed by atoms with Crippen molar-refractivity contribution in [2.75, 3.05) is 54.8 Å². The van der Waals surface area contributed by atoms with Gasteiger partial charge in [-0.3, -0.25) is 9.11 Å². The second-order valence-electron chi connectivity index (χ2n) is 9.92. The van der Waals surface area contributed by atoms with Crippen LogP contribution in [0.4, 0.5) is 23.5 Å². The van der Waals surface area contributed by atoms with E-state index in [9.17, 15) is 25.9 Å². The molecule has 3 aromatic rings. The molecule has 44 heavy (non-hydrogen) atoms. The third kappa shape index (κ3) is 9.95. The molecule has 0 amide bonds. The second kappa shape index (κ2) is 15.9. The number of hydrogen-bond acceptors (Lipinski definition) is 11. The molecule has 2 aromatic carbocycles. The first-order chi connectivity index (χ1) is 20.9. The van der Waals surface area contributed by atoms with Crippen molar-refractivity contribution >= 4 is 55.9 Å². The van der Waals surface area contributed by atoms with Crippen LogP contribution >= 0.6 is 0 Å². The highest BCUT2D eigenvalue weighted by Crippen LogP contribution is 2.26. The predicted molar refractivity (Wildman–Crippen MR) is 174 cm³/mol. The standard InChI is InChI=1S/C29H41N7O6S2/c1-5-18-36(19-6-2)29-33-27(30-17-20-35(7-3)8-4)32-28(34-29)31-24-16-15-23(26(21-24)44(40,41)42)14-13-22-11-9-10-12-25(22)43(37,38)39/h9-16,21H,5-8,17-20H2,1-4H3,(H,37,38,39)(H,40,41,42)(H2,30,31,32,33,34)/b14-13+. The molecule has 0 aliphatic carbocycles. The van der Waals surface area contributed by atoms with E-state index in [2.05, 4.69) is 63.1 Å². The van der Waals surface area contributed by atoms with Crippen molar-refractivity contribution in [1.29, 1.82) is 0 Å². The Balaban J connectivity index is 1.98. The Hall–Kier alpha value is -3.63. The molecule has 1 heterocycles. The summed E-state index contributed by atoms with van der Waals surface area (Å²) in [6.07, 6.45) is 4.45. The van der Waals surface area contributed by atoms with Gasteiger partial charge in [0.2, 0.25) is 17.8 Å². The highest BCUT2D eigenvalue weighted by molar-refractivity contribution is 7.86. The first-order valence-electron chi connectivity index (χ1n) is 14.5. The topological polar surface area (TPSA) is 178 Å². The van der Waals surface area contributed by atoms with Crippen LogP contribution in [-0.2, 0) is 20.2 Å². The van der Waals surface area contributed by atoms with Crippen molar-refractivity contribution in [2.24, 2.45) is 0 Å². The fourth-order valence-electron chi connectivity index (χ4n) is 4.49. The molecule has 0 atom stereocenters. The third-order valence-corrected chi connectivity index (χ3v) is 8.52. The molecule has 0 bridgehead atoms. The van der Waals surface area contributed by atoms with Gasteiger partial charge in [0, 0.05) is 31.9 Å². The Morgan fingerprint density at radius 3 is 1.93 bits per heavy atom. The lowest BCUT2D eigenvalue weighted by molar-refractivity contribution is 0.316. The van der Waals surface area contributed by atoms with E-state index in [1.807, 2.05) is 0 Å². The molecule has 0 aliphatic rings. The molecular weight excluding hydrogens is 606 g/mol. The van der Waals surface area contributed by atoms with E-state index in [-0.39, 0.29) is 27.7 Å². The Kier molecular flexibility index (Phi) is 12.6. The molecule has 0 radical (unpaired) electrons. The first-order valence-corrected chi connectivity index (χ1v) is 17.4. The molecule has 3 rings (SSSR count). The summed E-state index contributed by atoms with van der Waals surface area (Å²) in [6, 6.07) is 9.96. The summed E-state index contributed by atoms with van der Waals surface area (Å²) < 4.78 is 67.7. The molecule has 0 fully saturated rings. The minimum Gasteiger partial charge on any atom is -0.353 e. The molecule has 240 valence electrons. The second-order valence-corrected chi connectivity index (χ2v) is 12.7. The van der Waals surface area contributed by atoms with E-state index in [4.69, 9.17) is 0 Å². The lowest BCUT2D eigenvalue weighted by atomic mass is 10.1. The van der Waals surface area contributed by atoms with Crippen LogP contribution in [0.5, 0.6) is 0 Å². The quantitative estimate of drug-likeness (QED) is 0.118. The van der Waals surface area contributed by atoms with Crippen molar-refractivity contribution < 1.29 is 25.9 Å². The van der Waals surface area contributed by atoms with Crippen LogP contribution in [0.2, 0.25) is 0 Å². The molecule has 0 spiro atoms. The van der Waals surface area contributed by atoms with E-state index >= 15 is 0 Å². The molecule has 1 aromatic heterocycles. The van der Waals surface area contributed by atoms with Gasteiger partial charge < -0.3 is 20.4 Å². The maximum Gasteiger partial charge on any atom is 0.295 e. The zero-order chi connectivity index (χ0) is 32.3. The minimum absolute atomic E-state index is 0.0929. The summed E-state index contributed by atoms with van der Waals surface area (Å²) in [7, 11) is -9.21. The summed E-state index contributed by atoms with van der Waals surface area (Å²) in [4.78, 5) is 17.3. The number of aromatic nitrogens is 3. The van der Waals surface area contributed by atoms with Gasteiger partial charge in [-0.25, -0.2) is 0 Å². The summed E-state index contributed by atoms with van der Waals surface area (Å²) in [5, 5.41) is 6.30. The summed E-state index contributed by atoms with van der Waals surface area (Å²) >= 11 is 0. The molecule has 0 saturated heterocycles. The van der Waals surface area contributed by atoms with Crippen LogP contribution < -0.4 is 15.5 Å². The fourth-order valence-corrected chi connectivity index (χ4v) is 5.89. The van der Waals surface area contributed by atoms with Crippen LogP contribution in [0.15, 0.2) is 52.3 Å². The van der Waals surface area contributed by atoms with Gasteiger partial charge in [0.1, 0.15) is 9.79 Å². The normalized spacial score (nSPS) is 12.2.